The lowest BCUT2D eigenvalue weighted by Crippen LogP contribution is -2.21. The highest BCUT2D eigenvalue weighted by atomic mass is 15.1. The second-order valence-electron chi connectivity index (χ2n) is 4.09. The molecule has 0 bridgehead atoms. The first-order valence-corrected chi connectivity index (χ1v) is 5.66. The molecule has 0 aliphatic carbocycles. The first-order valence-electron chi connectivity index (χ1n) is 5.66. The summed E-state index contributed by atoms with van der Waals surface area (Å²) < 4.78 is 2.02. The van der Waals surface area contributed by atoms with Gasteiger partial charge in [0.1, 0.15) is 11.6 Å². The normalized spacial score (nSPS) is 12.6. The van der Waals surface area contributed by atoms with Crippen LogP contribution in [0.5, 0.6) is 0 Å². The van der Waals surface area contributed by atoms with Crippen molar-refractivity contribution in [1.82, 2.24) is 24.8 Å². The molecule has 0 amide bonds. The molecule has 17 heavy (non-hydrogen) atoms. The lowest BCUT2D eigenvalue weighted by molar-refractivity contribution is 0.524. The highest BCUT2D eigenvalue weighted by molar-refractivity contribution is 5.03. The number of imidazole rings is 1. The first-order chi connectivity index (χ1) is 8.16. The highest BCUT2D eigenvalue weighted by Crippen LogP contribution is 2.09. The Morgan fingerprint density at radius 1 is 1.35 bits per heavy atom. The summed E-state index contributed by atoms with van der Waals surface area (Å²) in [6.07, 6.45) is 5.54. The topological polar surface area (TPSA) is 55.6 Å². The molecule has 90 valence electrons. The summed E-state index contributed by atoms with van der Waals surface area (Å²) in [6, 6.07) is 2.12. The molecule has 5 nitrogen and oxygen atoms in total. The second kappa shape index (κ2) is 5.05. The highest BCUT2D eigenvalue weighted by Gasteiger charge is 2.09. The minimum atomic E-state index is 0.199. The van der Waals surface area contributed by atoms with E-state index in [2.05, 4.69) is 27.2 Å². The average molecular weight is 231 g/mol. The van der Waals surface area contributed by atoms with Gasteiger partial charge in [-0.1, -0.05) is 0 Å². The van der Waals surface area contributed by atoms with E-state index in [0.29, 0.717) is 0 Å². The first kappa shape index (κ1) is 11.7. The third-order valence-corrected chi connectivity index (χ3v) is 2.67. The van der Waals surface area contributed by atoms with Gasteiger partial charge in [0.25, 0.3) is 0 Å². The Kier molecular flexibility index (Phi) is 3.49. The van der Waals surface area contributed by atoms with Crippen LogP contribution in [0.3, 0.4) is 0 Å². The number of hydrogen-bond acceptors (Lipinski definition) is 4. The monoisotopic (exact) mass is 231 g/mol. The molecule has 0 saturated carbocycles. The lowest BCUT2D eigenvalue weighted by Gasteiger charge is -2.13. The Morgan fingerprint density at radius 2 is 2.18 bits per heavy atom. The van der Waals surface area contributed by atoms with E-state index in [1.807, 2.05) is 37.0 Å². The van der Waals surface area contributed by atoms with Crippen LogP contribution in [-0.4, -0.2) is 19.5 Å². The summed E-state index contributed by atoms with van der Waals surface area (Å²) in [5.41, 5.74) is 0.999. The van der Waals surface area contributed by atoms with Crippen LogP contribution in [0.25, 0.3) is 0 Å². The van der Waals surface area contributed by atoms with Gasteiger partial charge in [0.15, 0.2) is 0 Å². The molecule has 2 heterocycles. The largest absolute Gasteiger partial charge is 0.337 e. The number of aryl methyl sites for hydroxylation is 2. The van der Waals surface area contributed by atoms with E-state index in [9.17, 15) is 0 Å². The third kappa shape index (κ3) is 2.88. The van der Waals surface area contributed by atoms with Crippen LogP contribution in [0, 0.1) is 6.92 Å². The van der Waals surface area contributed by atoms with Gasteiger partial charge in [-0.25, -0.2) is 15.0 Å². The van der Waals surface area contributed by atoms with Crippen molar-refractivity contribution < 1.29 is 0 Å². The molecule has 1 unspecified atom stereocenters. The van der Waals surface area contributed by atoms with E-state index < -0.39 is 0 Å². The molecule has 0 radical (unpaired) electrons. The van der Waals surface area contributed by atoms with Crippen molar-refractivity contribution in [1.29, 1.82) is 0 Å². The van der Waals surface area contributed by atoms with Crippen LogP contribution in [0.15, 0.2) is 24.7 Å². The van der Waals surface area contributed by atoms with Crippen LogP contribution in [0.4, 0.5) is 0 Å². The van der Waals surface area contributed by atoms with Crippen LogP contribution >= 0.6 is 0 Å². The summed E-state index contributed by atoms with van der Waals surface area (Å²) >= 11 is 0. The molecule has 2 aromatic rings. The summed E-state index contributed by atoms with van der Waals surface area (Å²) in [7, 11) is 2.00. The van der Waals surface area contributed by atoms with E-state index in [1.165, 1.54) is 0 Å². The Morgan fingerprint density at radius 3 is 2.82 bits per heavy atom. The van der Waals surface area contributed by atoms with E-state index >= 15 is 0 Å². The maximum Gasteiger partial charge on any atom is 0.125 e. The number of aromatic nitrogens is 4. The van der Waals surface area contributed by atoms with Crippen molar-refractivity contribution in [3.63, 3.8) is 0 Å². The van der Waals surface area contributed by atoms with Gasteiger partial charge >= 0.3 is 0 Å². The lowest BCUT2D eigenvalue weighted by atomic mass is 10.3. The Bertz CT molecular complexity index is 491. The predicted molar refractivity (Wildman–Crippen MR) is 65.2 cm³/mol. The fourth-order valence-electron chi connectivity index (χ4n) is 1.75. The van der Waals surface area contributed by atoms with E-state index in [1.54, 1.807) is 6.20 Å². The molecule has 1 N–H and O–H groups in total. The molecule has 2 aromatic heterocycles. The molecule has 0 saturated heterocycles. The second-order valence-corrected chi connectivity index (χ2v) is 4.09. The third-order valence-electron chi connectivity index (χ3n) is 2.67. The SMILES string of the molecule is Cc1nccc(CNC(C)c2nccn2C)n1. The van der Waals surface area contributed by atoms with Crippen molar-refractivity contribution in [2.45, 2.75) is 26.4 Å². The van der Waals surface area contributed by atoms with Crippen LogP contribution < -0.4 is 5.32 Å². The Hall–Kier alpha value is -1.75. The Balaban J connectivity index is 1.97. The molecule has 0 aromatic carbocycles. The van der Waals surface area contributed by atoms with Crippen LogP contribution in [0.1, 0.15) is 30.3 Å². The minimum Gasteiger partial charge on any atom is -0.337 e. The molecule has 2 rings (SSSR count). The zero-order chi connectivity index (χ0) is 12.3. The van der Waals surface area contributed by atoms with E-state index in [4.69, 9.17) is 0 Å². The fourth-order valence-corrected chi connectivity index (χ4v) is 1.75. The van der Waals surface area contributed by atoms with Gasteiger partial charge in [0.2, 0.25) is 0 Å². The van der Waals surface area contributed by atoms with Gasteiger partial charge in [-0.2, -0.15) is 0 Å². The zero-order valence-electron chi connectivity index (χ0n) is 10.4. The van der Waals surface area contributed by atoms with Crippen molar-refractivity contribution in [3.05, 3.63) is 42.0 Å². The predicted octanol–water partition coefficient (Wildman–Crippen LogP) is 1.37. The van der Waals surface area contributed by atoms with E-state index in [-0.39, 0.29) is 6.04 Å². The molecule has 0 aliphatic heterocycles. The molecule has 0 spiro atoms. The van der Waals surface area contributed by atoms with Crippen molar-refractivity contribution in [3.8, 4) is 0 Å². The number of hydrogen-bond donors (Lipinski definition) is 1. The molecule has 1 atom stereocenters. The zero-order valence-corrected chi connectivity index (χ0v) is 10.4. The molecule has 0 aliphatic rings. The summed E-state index contributed by atoms with van der Waals surface area (Å²) in [4.78, 5) is 12.7. The summed E-state index contributed by atoms with van der Waals surface area (Å²) in [6.45, 7) is 4.71. The van der Waals surface area contributed by atoms with Gasteiger partial charge in [-0.3, -0.25) is 0 Å². The summed E-state index contributed by atoms with van der Waals surface area (Å²) in [5, 5.41) is 3.40. The van der Waals surface area contributed by atoms with E-state index in [0.717, 1.165) is 23.9 Å². The van der Waals surface area contributed by atoms with Gasteiger partial charge in [0, 0.05) is 32.2 Å². The fraction of sp³-hybridized carbons (Fsp3) is 0.417. The van der Waals surface area contributed by atoms with Crippen molar-refractivity contribution in [2.24, 2.45) is 7.05 Å². The molecule has 5 heteroatoms. The van der Waals surface area contributed by atoms with Crippen LogP contribution in [0.2, 0.25) is 0 Å². The average Bonchev–Trinajstić information content (AvgIpc) is 2.72. The maximum absolute atomic E-state index is 4.35. The number of rotatable bonds is 4. The van der Waals surface area contributed by atoms with Gasteiger partial charge < -0.3 is 9.88 Å². The number of nitrogens with zero attached hydrogens (tertiary/aromatic N) is 4. The molecular formula is C12H17N5. The van der Waals surface area contributed by atoms with Gasteiger partial charge in [-0.05, 0) is 19.9 Å². The summed E-state index contributed by atoms with van der Waals surface area (Å²) in [5.74, 6) is 1.82. The van der Waals surface area contributed by atoms with Gasteiger partial charge in [-0.15, -0.1) is 0 Å². The Labute approximate surface area is 101 Å². The van der Waals surface area contributed by atoms with Crippen LogP contribution in [-0.2, 0) is 13.6 Å². The minimum absolute atomic E-state index is 0.199. The van der Waals surface area contributed by atoms with Crippen molar-refractivity contribution >= 4 is 0 Å². The molecular weight excluding hydrogens is 214 g/mol. The smallest absolute Gasteiger partial charge is 0.125 e. The quantitative estimate of drug-likeness (QED) is 0.863. The molecule has 0 fully saturated rings. The standard InChI is InChI=1S/C12H17N5/c1-9(12-14-6-7-17(12)3)15-8-11-4-5-13-10(2)16-11/h4-7,9,15H,8H2,1-3H3. The maximum atomic E-state index is 4.35. The van der Waals surface area contributed by atoms with Gasteiger partial charge in [0.05, 0.1) is 11.7 Å². The van der Waals surface area contributed by atoms with Crippen molar-refractivity contribution in [2.75, 3.05) is 0 Å². The number of nitrogens with one attached hydrogen (secondary N) is 1.